The van der Waals surface area contributed by atoms with Gasteiger partial charge in [-0.15, -0.1) is 0 Å². The molecule has 0 spiro atoms. The maximum atomic E-state index is 11.9. The van der Waals surface area contributed by atoms with E-state index in [2.05, 4.69) is 19.2 Å². The summed E-state index contributed by atoms with van der Waals surface area (Å²) in [7, 11) is 0. The molecule has 1 rings (SSSR count). The molecule has 0 fully saturated rings. The molecule has 0 bridgehead atoms. The molecule has 0 aliphatic carbocycles. The zero-order valence-corrected chi connectivity index (χ0v) is 13.7. The number of carbonyl (C=O) groups excluding carboxylic acids is 2. The minimum atomic E-state index is -0.249. The minimum Gasteiger partial charge on any atom is -0.424 e. The first-order chi connectivity index (χ1) is 10.7. The van der Waals surface area contributed by atoms with Crippen LogP contribution in [0.3, 0.4) is 0 Å². The molecule has 0 unspecified atom stereocenters. The first-order valence-electron chi connectivity index (χ1n) is 8.27. The Labute approximate surface area is 133 Å². The molecule has 0 saturated carbocycles. The van der Waals surface area contributed by atoms with Crippen LogP contribution in [0.2, 0.25) is 0 Å². The molecular weight excluding hydrogens is 278 g/mol. The smallest absolute Gasteiger partial charge is 0.311 e. The van der Waals surface area contributed by atoms with Crippen molar-refractivity contribution >= 4 is 17.6 Å². The minimum absolute atomic E-state index is 0.0390. The molecule has 0 aromatic heterocycles. The van der Waals surface area contributed by atoms with Gasteiger partial charge in [0.2, 0.25) is 5.91 Å². The normalized spacial score (nSPS) is 10.3. The lowest BCUT2D eigenvalue weighted by Crippen LogP contribution is -2.14. The van der Waals surface area contributed by atoms with Crippen molar-refractivity contribution in [3.63, 3.8) is 0 Å². The van der Waals surface area contributed by atoms with Crippen LogP contribution >= 0.6 is 0 Å². The predicted molar refractivity (Wildman–Crippen MR) is 89.0 cm³/mol. The second-order valence-corrected chi connectivity index (χ2v) is 5.43. The molecular formula is C18H27NO3. The number of ether oxygens (including phenoxy) is 1. The first kappa shape index (κ1) is 18.2. The van der Waals surface area contributed by atoms with E-state index >= 15 is 0 Å². The van der Waals surface area contributed by atoms with Crippen molar-refractivity contribution in [1.29, 1.82) is 0 Å². The van der Waals surface area contributed by atoms with E-state index in [1.54, 1.807) is 18.2 Å². The summed E-state index contributed by atoms with van der Waals surface area (Å²) >= 11 is 0. The standard InChI is InChI=1S/C18H27NO3/c1-3-5-7-13-17(20)19-15-11-9-10-12-16(15)22-18(21)14-8-6-4-2/h9-12H,3-8,13-14H2,1-2H3,(H,19,20). The van der Waals surface area contributed by atoms with Crippen molar-refractivity contribution in [1.82, 2.24) is 0 Å². The Morgan fingerprint density at radius 1 is 0.955 bits per heavy atom. The van der Waals surface area contributed by atoms with Gasteiger partial charge in [0.15, 0.2) is 5.75 Å². The number of para-hydroxylation sites is 2. The van der Waals surface area contributed by atoms with Crippen LogP contribution in [0.15, 0.2) is 24.3 Å². The zero-order valence-electron chi connectivity index (χ0n) is 13.7. The third-order valence-corrected chi connectivity index (χ3v) is 3.38. The van der Waals surface area contributed by atoms with Crippen LogP contribution in [-0.4, -0.2) is 11.9 Å². The summed E-state index contributed by atoms with van der Waals surface area (Å²) in [4.78, 5) is 23.7. The van der Waals surface area contributed by atoms with Crippen LogP contribution in [0.5, 0.6) is 5.75 Å². The number of amides is 1. The number of nitrogens with one attached hydrogen (secondary N) is 1. The molecule has 122 valence electrons. The van der Waals surface area contributed by atoms with E-state index < -0.39 is 0 Å². The summed E-state index contributed by atoms with van der Waals surface area (Å²) in [6.45, 7) is 4.19. The Bertz CT molecular complexity index is 428. The third-order valence-electron chi connectivity index (χ3n) is 3.38. The van der Waals surface area contributed by atoms with Gasteiger partial charge in [-0.3, -0.25) is 9.59 Å². The summed E-state index contributed by atoms with van der Waals surface area (Å²) < 4.78 is 5.36. The molecule has 0 atom stereocenters. The molecule has 0 heterocycles. The van der Waals surface area contributed by atoms with Gasteiger partial charge in [0.05, 0.1) is 5.69 Å². The number of carbonyl (C=O) groups is 2. The fraction of sp³-hybridized carbons (Fsp3) is 0.556. The van der Waals surface area contributed by atoms with Crippen LogP contribution in [0.1, 0.15) is 65.2 Å². The van der Waals surface area contributed by atoms with Gasteiger partial charge in [-0.2, -0.15) is 0 Å². The topological polar surface area (TPSA) is 55.4 Å². The number of unbranched alkanes of at least 4 members (excludes halogenated alkanes) is 4. The van der Waals surface area contributed by atoms with Crippen molar-refractivity contribution < 1.29 is 14.3 Å². The van der Waals surface area contributed by atoms with E-state index in [0.29, 0.717) is 24.3 Å². The Morgan fingerprint density at radius 3 is 2.27 bits per heavy atom. The van der Waals surface area contributed by atoms with Crippen molar-refractivity contribution in [2.45, 2.75) is 65.2 Å². The van der Waals surface area contributed by atoms with Gasteiger partial charge in [0.25, 0.3) is 0 Å². The van der Waals surface area contributed by atoms with Gasteiger partial charge in [0.1, 0.15) is 0 Å². The lowest BCUT2D eigenvalue weighted by atomic mass is 10.2. The van der Waals surface area contributed by atoms with E-state index in [9.17, 15) is 9.59 Å². The molecule has 1 aromatic carbocycles. The average molecular weight is 305 g/mol. The SMILES string of the molecule is CCCCCC(=O)Nc1ccccc1OC(=O)CCCCC. The number of esters is 1. The van der Waals surface area contributed by atoms with Gasteiger partial charge < -0.3 is 10.1 Å². The van der Waals surface area contributed by atoms with E-state index in [1.807, 2.05) is 6.07 Å². The molecule has 1 N–H and O–H groups in total. The van der Waals surface area contributed by atoms with E-state index in [-0.39, 0.29) is 11.9 Å². The maximum Gasteiger partial charge on any atom is 0.311 e. The molecule has 0 saturated heterocycles. The monoisotopic (exact) mass is 305 g/mol. The zero-order chi connectivity index (χ0) is 16.2. The first-order valence-corrected chi connectivity index (χ1v) is 8.27. The second-order valence-electron chi connectivity index (χ2n) is 5.43. The fourth-order valence-electron chi connectivity index (χ4n) is 2.10. The number of benzene rings is 1. The molecule has 22 heavy (non-hydrogen) atoms. The molecule has 0 aliphatic heterocycles. The molecule has 4 heteroatoms. The van der Waals surface area contributed by atoms with Gasteiger partial charge in [-0.05, 0) is 25.0 Å². The quantitative estimate of drug-likeness (QED) is 0.387. The average Bonchev–Trinajstić information content (AvgIpc) is 2.50. The van der Waals surface area contributed by atoms with Crippen LogP contribution in [0, 0.1) is 0 Å². The van der Waals surface area contributed by atoms with Crippen LogP contribution in [0.25, 0.3) is 0 Å². The van der Waals surface area contributed by atoms with E-state index in [1.165, 1.54) is 0 Å². The fourth-order valence-corrected chi connectivity index (χ4v) is 2.10. The van der Waals surface area contributed by atoms with Crippen molar-refractivity contribution in [3.05, 3.63) is 24.3 Å². The summed E-state index contributed by atoms with van der Waals surface area (Å²) in [6, 6.07) is 7.07. The molecule has 1 aromatic rings. The van der Waals surface area contributed by atoms with Gasteiger partial charge in [-0.1, -0.05) is 51.7 Å². The third kappa shape index (κ3) is 7.25. The summed E-state index contributed by atoms with van der Waals surface area (Å²) in [5, 5.41) is 2.83. The van der Waals surface area contributed by atoms with Gasteiger partial charge in [-0.25, -0.2) is 0 Å². The highest BCUT2D eigenvalue weighted by Crippen LogP contribution is 2.24. The van der Waals surface area contributed by atoms with Gasteiger partial charge >= 0.3 is 5.97 Å². The number of rotatable bonds is 10. The lowest BCUT2D eigenvalue weighted by Gasteiger charge is -2.11. The number of hydrogen-bond donors (Lipinski definition) is 1. The predicted octanol–water partition coefficient (Wildman–Crippen LogP) is 4.69. The second kappa shape index (κ2) is 10.8. The highest BCUT2D eigenvalue weighted by molar-refractivity contribution is 5.92. The van der Waals surface area contributed by atoms with Crippen LogP contribution in [0.4, 0.5) is 5.69 Å². The Kier molecular flexibility index (Phi) is 8.96. The van der Waals surface area contributed by atoms with Crippen molar-refractivity contribution in [2.24, 2.45) is 0 Å². The summed E-state index contributed by atoms with van der Waals surface area (Å²) in [5.41, 5.74) is 0.563. The number of hydrogen-bond acceptors (Lipinski definition) is 3. The summed E-state index contributed by atoms with van der Waals surface area (Å²) in [5.74, 6) is 0.136. The van der Waals surface area contributed by atoms with Gasteiger partial charge in [0, 0.05) is 12.8 Å². The largest absolute Gasteiger partial charge is 0.424 e. The Balaban J connectivity index is 2.54. The van der Waals surface area contributed by atoms with Crippen molar-refractivity contribution in [2.75, 3.05) is 5.32 Å². The van der Waals surface area contributed by atoms with E-state index in [0.717, 1.165) is 38.5 Å². The van der Waals surface area contributed by atoms with Crippen LogP contribution < -0.4 is 10.1 Å². The highest BCUT2D eigenvalue weighted by Gasteiger charge is 2.11. The summed E-state index contributed by atoms with van der Waals surface area (Å²) in [6.07, 6.45) is 6.82. The number of anilines is 1. The highest BCUT2D eigenvalue weighted by atomic mass is 16.5. The lowest BCUT2D eigenvalue weighted by molar-refractivity contribution is -0.134. The molecule has 1 amide bonds. The molecule has 4 nitrogen and oxygen atoms in total. The Hall–Kier alpha value is -1.84. The molecule has 0 aliphatic rings. The van der Waals surface area contributed by atoms with Crippen molar-refractivity contribution in [3.8, 4) is 5.75 Å². The van der Waals surface area contributed by atoms with E-state index in [4.69, 9.17) is 4.74 Å². The molecule has 0 radical (unpaired) electrons. The maximum absolute atomic E-state index is 11.9. The van der Waals surface area contributed by atoms with Crippen LogP contribution in [-0.2, 0) is 9.59 Å². The Morgan fingerprint density at radius 2 is 1.59 bits per heavy atom.